The smallest absolute Gasteiger partial charge is 0.241 e. The Labute approximate surface area is 85.6 Å². The van der Waals surface area contributed by atoms with Crippen LogP contribution >= 0.6 is 22.9 Å². The van der Waals surface area contributed by atoms with Gasteiger partial charge in [-0.3, -0.25) is 10.1 Å². The monoisotopic (exact) mass is 281 g/mol. The molecule has 0 aromatic heterocycles. The minimum absolute atomic E-state index is 0.187. The molecule has 2 aliphatic heterocycles. The van der Waals surface area contributed by atoms with E-state index in [9.17, 15) is 4.79 Å². The lowest BCUT2D eigenvalue weighted by Crippen LogP contribution is -2.52. The number of nitrogens with zero attached hydrogens (tertiary/aromatic N) is 1. The molecule has 0 aromatic rings. The third-order valence-electron chi connectivity index (χ3n) is 2.67. The number of hydrogen-bond donors (Lipinski definition) is 2. The van der Waals surface area contributed by atoms with Crippen molar-refractivity contribution in [1.29, 1.82) is 0 Å². The largest absolute Gasteiger partial charge is 0.342 e. The van der Waals surface area contributed by atoms with E-state index in [-0.39, 0.29) is 11.4 Å². The molecule has 0 atom stereocenters. The van der Waals surface area contributed by atoms with Crippen LogP contribution in [0.1, 0.15) is 12.8 Å². The molecule has 0 radical (unpaired) electrons. The van der Waals surface area contributed by atoms with Crippen molar-refractivity contribution in [2.75, 3.05) is 19.8 Å². The van der Waals surface area contributed by atoms with Crippen molar-refractivity contribution in [1.82, 2.24) is 13.7 Å². The zero-order valence-corrected chi connectivity index (χ0v) is 8.93. The van der Waals surface area contributed by atoms with E-state index >= 15 is 0 Å². The molecule has 2 rings (SSSR count). The molecule has 1 amide bonds. The van der Waals surface area contributed by atoms with Gasteiger partial charge in [0.15, 0.2) is 0 Å². The minimum Gasteiger partial charge on any atom is -0.342 e. The van der Waals surface area contributed by atoms with Gasteiger partial charge >= 0.3 is 0 Å². The average Bonchev–Trinajstić information content (AvgIpc) is 2.41. The van der Waals surface area contributed by atoms with Crippen molar-refractivity contribution in [3.05, 3.63) is 0 Å². The lowest BCUT2D eigenvalue weighted by molar-refractivity contribution is -0.125. The molecule has 2 N–H and O–H groups in total. The SMILES string of the molecule is O=C1NCNC12CCN(I)CC2. The number of rotatable bonds is 0. The summed E-state index contributed by atoms with van der Waals surface area (Å²) >= 11 is 2.31. The van der Waals surface area contributed by atoms with E-state index in [0.29, 0.717) is 6.67 Å². The first-order valence-electron chi connectivity index (χ1n) is 4.17. The van der Waals surface area contributed by atoms with Crippen molar-refractivity contribution >= 4 is 28.8 Å². The zero-order chi connectivity index (χ0) is 8.60. The predicted octanol–water partition coefficient (Wildman–Crippen LogP) is -0.152. The van der Waals surface area contributed by atoms with Crippen LogP contribution in [0.2, 0.25) is 0 Å². The van der Waals surface area contributed by atoms with Gasteiger partial charge in [-0.15, -0.1) is 0 Å². The summed E-state index contributed by atoms with van der Waals surface area (Å²) in [7, 11) is 0. The quantitative estimate of drug-likeness (QED) is 0.479. The van der Waals surface area contributed by atoms with Crippen molar-refractivity contribution in [2.24, 2.45) is 0 Å². The summed E-state index contributed by atoms with van der Waals surface area (Å²) in [6, 6.07) is 0. The second-order valence-electron chi connectivity index (χ2n) is 3.35. The summed E-state index contributed by atoms with van der Waals surface area (Å²) < 4.78 is 2.23. The molecule has 0 aromatic carbocycles. The topological polar surface area (TPSA) is 44.4 Å². The summed E-state index contributed by atoms with van der Waals surface area (Å²) in [5, 5.41) is 6.08. The van der Waals surface area contributed by atoms with E-state index in [0.717, 1.165) is 25.9 Å². The van der Waals surface area contributed by atoms with Gasteiger partial charge in [0.2, 0.25) is 5.91 Å². The van der Waals surface area contributed by atoms with E-state index < -0.39 is 0 Å². The van der Waals surface area contributed by atoms with Gasteiger partial charge in [-0.05, 0) is 12.8 Å². The van der Waals surface area contributed by atoms with Gasteiger partial charge in [-0.1, -0.05) is 0 Å². The van der Waals surface area contributed by atoms with Crippen molar-refractivity contribution < 1.29 is 4.79 Å². The Morgan fingerprint density at radius 2 is 2.08 bits per heavy atom. The van der Waals surface area contributed by atoms with Gasteiger partial charge in [0.1, 0.15) is 5.54 Å². The van der Waals surface area contributed by atoms with Crippen LogP contribution in [-0.2, 0) is 4.79 Å². The van der Waals surface area contributed by atoms with Crippen LogP contribution in [0.15, 0.2) is 0 Å². The molecule has 0 unspecified atom stereocenters. The third-order valence-corrected chi connectivity index (χ3v) is 3.64. The van der Waals surface area contributed by atoms with Crippen LogP contribution < -0.4 is 10.6 Å². The fourth-order valence-electron chi connectivity index (χ4n) is 1.81. The second-order valence-corrected chi connectivity index (χ2v) is 4.72. The van der Waals surface area contributed by atoms with Crippen LogP contribution in [0.3, 0.4) is 0 Å². The van der Waals surface area contributed by atoms with Gasteiger partial charge in [-0.2, -0.15) is 0 Å². The maximum atomic E-state index is 11.5. The van der Waals surface area contributed by atoms with E-state index in [1.54, 1.807) is 0 Å². The Hall–Kier alpha value is 0.120. The first-order chi connectivity index (χ1) is 5.73. The van der Waals surface area contributed by atoms with Crippen molar-refractivity contribution in [3.63, 3.8) is 0 Å². The van der Waals surface area contributed by atoms with Crippen molar-refractivity contribution in [3.8, 4) is 0 Å². The number of halogens is 1. The number of carbonyl (C=O) groups excluding carboxylic acids is 1. The fraction of sp³-hybridized carbons (Fsp3) is 0.857. The van der Waals surface area contributed by atoms with E-state index in [1.807, 2.05) is 0 Å². The summed E-state index contributed by atoms with van der Waals surface area (Å²) in [5.41, 5.74) is -0.234. The van der Waals surface area contributed by atoms with Crippen LogP contribution in [0.5, 0.6) is 0 Å². The number of piperidine rings is 1. The molecule has 12 heavy (non-hydrogen) atoms. The Morgan fingerprint density at radius 1 is 1.42 bits per heavy atom. The summed E-state index contributed by atoms with van der Waals surface area (Å²) in [6.07, 6.45) is 1.86. The van der Waals surface area contributed by atoms with Crippen LogP contribution in [-0.4, -0.2) is 34.3 Å². The molecule has 4 nitrogen and oxygen atoms in total. The van der Waals surface area contributed by atoms with Crippen LogP contribution in [0.4, 0.5) is 0 Å². The molecule has 0 aliphatic carbocycles. The highest BCUT2D eigenvalue weighted by molar-refractivity contribution is 14.1. The zero-order valence-electron chi connectivity index (χ0n) is 6.77. The molecule has 2 fully saturated rings. The molecular formula is C7H12IN3O. The number of amides is 1. The third kappa shape index (κ3) is 1.33. The average molecular weight is 281 g/mol. The summed E-state index contributed by atoms with van der Waals surface area (Å²) in [4.78, 5) is 11.5. The Balaban J connectivity index is 2.07. The standard InChI is InChI=1S/C7H12IN3O/c8-11-3-1-7(2-4-11)6(12)9-5-10-7/h10H,1-5H2,(H,9,12). The Bertz CT molecular complexity index is 201. The van der Waals surface area contributed by atoms with Gasteiger partial charge < -0.3 is 5.32 Å². The lowest BCUT2D eigenvalue weighted by Gasteiger charge is -2.34. The van der Waals surface area contributed by atoms with Gasteiger partial charge in [0, 0.05) is 36.0 Å². The lowest BCUT2D eigenvalue weighted by atomic mass is 9.89. The molecule has 5 heteroatoms. The number of hydrogen-bond acceptors (Lipinski definition) is 3. The number of nitrogens with one attached hydrogen (secondary N) is 2. The van der Waals surface area contributed by atoms with E-state index in [1.165, 1.54) is 0 Å². The molecule has 2 saturated heterocycles. The maximum absolute atomic E-state index is 11.5. The van der Waals surface area contributed by atoms with Gasteiger partial charge in [0.05, 0.1) is 6.67 Å². The maximum Gasteiger partial charge on any atom is 0.241 e. The van der Waals surface area contributed by atoms with E-state index in [4.69, 9.17) is 0 Å². The van der Waals surface area contributed by atoms with Crippen LogP contribution in [0.25, 0.3) is 0 Å². The molecule has 2 heterocycles. The number of carbonyl (C=O) groups is 1. The molecular weight excluding hydrogens is 269 g/mol. The minimum atomic E-state index is -0.234. The molecule has 2 aliphatic rings. The fourth-order valence-corrected chi connectivity index (χ4v) is 2.29. The van der Waals surface area contributed by atoms with Crippen molar-refractivity contribution in [2.45, 2.75) is 18.4 Å². The normalized spacial score (nSPS) is 29.2. The predicted molar refractivity (Wildman–Crippen MR) is 53.7 cm³/mol. The Morgan fingerprint density at radius 3 is 2.58 bits per heavy atom. The van der Waals surface area contributed by atoms with Gasteiger partial charge in [0.25, 0.3) is 0 Å². The first kappa shape index (κ1) is 8.71. The van der Waals surface area contributed by atoms with Gasteiger partial charge in [-0.25, -0.2) is 3.11 Å². The molecule has 0 saturated carbocycles. The highest BCUT2D eigenvalue weighted by Crippen LogP contribution is 2.26. The summed E-state index contributed by atoms with van der Waals surface area (Å²) in [5.74, 6) is 0.187. The highest BCUT2D eigenvalue weighted by Gasteiger charge is 2.43. The van der Waals surface area contributed by atoms with Crippen LogP contribution in [0, 0.1) is 0 Å². The van der Waals surface area contributed by atoms with E-state index in [2.05, 4.69) is 36.6 Å². The Kier molecular flexibility index (Phi) is 2.26. The summed E-state index contributed by atoms with van der Waals surface area (Å²) in [6.45, 7) is 2.64. The molecule has 0 bridgehead atoms. The second kappa shape index (κ2) is 3.12. The first-order valence-corrected chi connectivity index (χ1v) is 5.13. The highest BCUT2D eigenvalue weighted by atomic mass is 127. The molecule has 1 spiro atoms. The molecule has 68 valence electrons.